The number of benzene rings is 9. The molecule has 0 fully saturated rings. The third kappa shape index (κ3) is 4.91. The molecule has 268 valence electrons. The average molecular weight is 748 g/mol. The number of hydrogen-bond donors (Lipinski definition) is 0. The minimum Gasteiger partial charge on any atom is -0.456 e. The van der Waals surface area contributed by atoms with Crippen LogP contribution in [0.25, 0.3) is 74.8 Å². The number of para-hydroxylation sites is 3. The lowest BCUT2D eigenvalue weighted by molar-refractivity contribution is 0.660. The maximum atomic E-state index is 7.22. The maximum absolute atomic E-state index is 7.22. The van der Waals surface area contributed by atoms with Crippen LogP contribution in [-0.2, 0) is 0 Å². The molecular weight excluding hydrogens is 715 g/mol. The van der Waals surface area contributed by atoms with Crippen LogP contribution < -0.4 is 4.90 Å². The minimum absolute atomic E-state index is 0.164. The highest BCUT2D eigenvalue weighted by Crippen LogP contribution is 2.51. The first-order chi connectivity index (χ1) is 28.3. The van der Waals surface area contributed by atoms with E-state index < -0.39 is 0 Å². The van der Waals surface area contributed by atoms with Gasteiger partial charge in [-0.25, -0.2) is 0 Å². The number of rotatable bonds is 6. The monoisotopic (exact) mass is 747 g/mol. The third-order valence-corrected chi connectivity index (χ3v) is 12.8. The van der Waals surface area contributed by atoms with Crippen LogP contribution in [0.15, 0.2) is 203 Å². The summed E-state index contributed by atoms with van der Waals surface area (Å²) in [5.41, 5.74) is 10.1. The molecule has 0 spiro atoms. The van der Waals surface area contributed by atoms with Crippen molar-refractivity contribution in [3.8, 4) is 0 Å². The molecule has 0 aliphatic carbocycles. The van der Waals surface area contributed by atoms with Crippen LogP contribution in [0.3, 0.4) is 0 Å². The normalized spacial score (nSPS) is 12.5. The summed E-state index contributed by atoms with van der Waals surface area (Å²) in [5.74, 6) is -0.164. The molecule has 0 aliphatic heterocycles. The number of furan rings is 2. The average Bonchev–Trinajstić information content (AvgIpc) is 3.98. The van der Waals surface area contributed by atoms with Gasteiger partial charge in [0.05, 0.1) is 16.1 Å². The zero-order chi connectivity index (χ0) is 37.5. The molecule has 3 aromatic heterocycles. The van der Waals surface area contributed by atoms with Crippen molar-refractivity contribution >= 4 is 103 Å². The van der Waals surface area contributed by atoms with Crippen LogP contribution in [0.5, 0.6) is 0 Å². The van der Waals surface area contributed by atoms with Crippen molar-refractivity contribution in [3.05, 3.63) is 211 Å². The first-order valence-corrected chi connectivity index (χ1v) is 20.2. The lowest BCUT2D eigenvalue weighted by Gasteiger charge is -2.27. The van der Waals surface area contributed by atoms with Crippen LogP contribution in [0, 0.1) is 0 Å². The summed E-state index contributed by atoms with van der Waals surface area (Å²) in [6.07, 6.45) is 0. The summed E-state index contributed by atoms with van der Waals surface area (Å²) in [4.78, 5) is 2.39. The van der Waals surface area contributed by atoms with Gasteiger partial charge in [0.1, 0.15) is 16.7 Å². The Kier molecular flexibility index (Phi) is 7.16. The number of fused-ring (bicyclic) bond motifs is 11. The predicted octanol–water partition coefficient (Wildman–Crippen LogP) is 15.7. The number of nitrogens with zero attached hydrogens (tertiary/aromatic N) is 1. The third-order valence-electron chi connectivity index (χ3n) is 11.6. The van der Waals surface area contributed by atoms with Gasteiger partial charge < -0.3 is 13.7 Å². The largest absolute Gasteiger partial charge is 0.456 e. The molecular formula is C53H33NO2S. The molecule has 0 amide bonds. The molecule has 0 saturated heterocycles. The van der Waals surface area contributed by atoms with Crippen molar-refractivity contribution in [2.75, 3.05) is 4.90 Å². The van der Waals surface area contributed by atoms with Crippen molar-refractivity contribution in [3.63, 3.8) is 0 Å². The zero-order valence-electron chi connectivity index (χ0n) is 30.7. The van der Waals surface area contributed by atoms with Gasteiger partial charge >= 0.3 is 0 Å². The Hall–Kier alpha value is -7.14. The van der Waals surface area contributed by atoms with E-state index in [-0.39, 0.29) is 5.92 Å². The van der Waals surface area contributed by atoms with Gasteiger partial charge in [-0.1, -0.05) is 152 Å². The van der Waals surface area contributed by atoms with Gasteiger partial charge in [0, 0.05) is 54.2 Å². The molecule has 0 N–H and O–H groups in total. The second-order valence-corrected chi connectivity index (χ2v) is 15.8. The van der Waals surface area contributed by atoms with Crippen molar-refractivity contribution in [2.24, 2.45) is 0 Å². The first kappa shape index (κ1) is 32.1. The molecule has 3 nitrogen and oxygen atoms in total. The molecule has 9 aromatic carbocycles. The fourth-order valence-electron chi connectivity index (χ4n) is 9.13. The highest BCUT2D eigenvalue weighted by atomic mass is 32.1. The number of anilines is 3. The van der Waals surface area contributed by atoms with Gasteiger partial charge in [0.15, 0.2) is 5.58 Å². The lowest BCUT2D eigenvalue weighted by atomic mass is 9.82. The van der Waals surface area contributed by atoms with E-state index >= 15 is 0 Å². The number of hydrogen-bond acceptors (Lipinski definition) is 4. The van der Waals surface area contributed by atoms with Crippen LogP contribution in [-0.4, -0.2) is 0 Å². The molecule has 0 aliphatic rings. The second kappa shape index (κ2) is 12.7. The zero-order valence-corrected chi connectivity index (χ0v) is 31.5. The molecule has 1 unspecified atom stereocenters. The van der Waals surface area contributed by atoms with Crippen LogP contribution in [0.1, 0.15) is 22.6 Å². The molecule has 57 heavy (non-hydrogen) atoms. The Morgan fingerprint density at radius 3 is 1.96 bits per heavy atom. The van der Waals surface area contributed by atoms with Crippen LogP contribution in [0.4, 0.5) is 17.1 Å². The standard InChI is InChI=1S/C53H33NO2S/c1-3-16-34(17-4-1)48(42-25-13-23-39-37-21-9-11-27-45(37)55-51(39)42)41-30-31-43(52-50(41)49-36-20-8-7-15-33(36)29-32-46(49)56-52)54(35-18-5-2-6-19-35)44-26-14-24-40-38-22-10-12-28-47(38)57-53(40)44/h1-32,48H. The van der Waals surface area contributed by atoms with Gasteiger partial charge in [-0.15, -0.1) is 11.3 Å². The maximum Gasteiger partial charge on any atom is 0.159 e. The Morgan fingerprint density at radius 1 is 0.404 bits per heavy atom. The Labute approximate surface area is 332 Å². The molecule has 4 heteroatoms. The van der Waals surface area contributed by atoms with E-state index in [0.29, 0.717) is 0 Å². The van der Waals surface area contributed by atoms with Crippen LogP contribution in [0.2, 0.25) is 0 Å². The molecule has 3 heterocycles. The SMILES string of the molecule is c1ccc(C(c2cccc3c2oc2ccccc23)c2ccc(N(c3ccccc3)c3cccc4c3sc3ccccc34)c3oc4ccc5ccccc5c4c23)cc1. The minimum atomic E-state index is -0.164. The van der Waals surface area contributed by atoms with E-state index in [9.17, 15) is 0 Å². The highest BCUT2D eigenvalue weighted by Gasteiger charge is 2.30. The van der Waals surface area contributed by atoms with E-state index in [1.54, 1.807) is 0 Å². The predicted molar refractivity (Wildman–Crippen MR) is 240 cm³/mol. The fraction of sp³-hybridized carbons (Fsp3) is 0.0189. The van der Waals surface area contributed by atoms with Crippen molar-refractivity contribution in [1.29, 1.82) is 0 Å². The fourth-order valence-corrected chi connectivity index (χ4v) is 10.3. The van der Waals surface area contributed by atoms with Crippen molar-refractivity contribution in [1.82, 2.24) is 0 Å². The molecule has 12 rings (SSSR count). The van der Waals surface area contributed by atoms with E-state index in [1.165, 1.54) is 36.5 Å². The summed E-state index contributed by atoms with van der Waals surface area (Å²) in [6, 6.07) is 69.5. The molecule has 1 atom stereocenters. The summed E-state index contributed by atoms with van der Waals surface area (Å²) >= 11 is 1.84. The van der Waals surface area contributed by atoms with E-state index in [0.717, 1.165) is 72.1 Å². The smallest absolute Gasteiger partial charge is 0.159 e. The number of thiophene rings is 1. The molecule has 0 saturated carbocycles. The Bertz CT molecular complexity index is 3490. The first-order valence-electron chi connectivity index (χ1n) is 19.4. The quantitative estimate of drug-likeness (QED) is 0.159. The van der Waals surface area contributed by atoms with E-state index in [1.807, 2.05) is 17.4 Å². The summed E-state index contributed by atoms with van der Waals surface area (Å²) in [7, 11) is 0. The molecule has 0 bridgehead atoms. The van der Waals surface area contributed by atoms with Gasteiger partial charge in [0.25, 0.3) is 0 Å². The summed E-state index contributed by atoms with van der Waals surface area (Å²) in [6.45, 7) is 0. The highest BCUT2D eigenvalue weighted by molar-refractivity contribution is 7.26. The van der Waals surface area contributed by atoms with E-state index in [2.05, 4.69) is 193 Å². The Balaban J connectivity index is 1.21. The van der Waals surface area contributed by atoms with Gasteiger partial charge in [-0.2, -0.15) is 0 Å². The second-order valence-electron chi connectivity index (χ2n) is 14.7. The van der Waals surface area contributed by atoms with Crippen LogP contribution >= 0.6 is 11.3 Å². The Morgan fingerprint density at radius 2 is 1.09 bits per heavy atom. The van der Waals surface area contributed by atoms with Crippen molar-refractivity contribution in [2.45, 2.75) is 5.92 Å². The van der Waals surface area contributed by atoms with E-state index in [4.69, 9.17) is 8.83 Å². The van der Waals surface area contributed by atoms with Gasteiger partial charge in [-0.3, -0.25) is 0 Å². The van der Waals surface area contributed by atoms with Crippen molar-refractivity contribution < 1.29 is 8.83 Å². The van der Waals surface area contributed by atoms with Gasteiger partial charge in [0.2, 0.25) is 0 Å². The van der Waals surface area contributed by atoms with Gasteiger partial charge in [-0.05, 0) is 64.4 Å². The molecule has 0 radical (unpaired) electrons. The lowest BCUT2D eigenvalue weighted by Crippen LogP contribution is -2.11. The molecule has 12 aromatic rings. The summed E-state index contributed by atoms with van der Waals surface area (Å²) < 4.78 is 16.5. The topological polar surface area (TPSA) is 29.5 Å². The summed E-state index contributed by atoms with van der Waals surface area (Å²) in [5, 5.41) is 9.32.